The van der Waals surface area contributed by atoms with Gasteiger partial charge in [0.05, 0.1) is 5.41 Å². The summed E-state index contributed by atoms with van der Waals surface area (Å²) in [7, 11) is 0. The van der Waals surface area contributed by atoms with E-state index >= 15 is 0 Å². The molecule has 1 aliphatic carbocycles. The van der Waals surface area contributed by atoms with Gasteiger partial charge in [0.2, 0.25) is 5.91 Å². The number of rotatable bonds is 4. The van der Waals surface area contributed by atoms with Crippen LogP contribution in [0, 0.1) is 11.3 Å². The first-order valence-electron chi connectivity index (χ1n) is 9.18. The molecular formula is C21H24ClN3O. The molecule has 1 fully saturated rings. The maximum absolute atomic E-state index is 12.6. The molecule has 1 saturated carbocycles. The van der Waals surface area contributed by atoms with Crippen LogP contribution >= 0.6 is 11.6 Å². The quantitative estimate of drug-likeness (QED) is 0.769. The average Bonchev–Trinajstić information content (AvgIpc) is 2.61. The lowest BCUT2D eigenvalue weighted by Crippen LogP contribution is -2.62. The molecule has 4 unspecified atom stereocenters. The van der Waals surface area contributed by atoms with Gasteiger partial charge in [0.15, 0.2) is 0 Å². The highest BCUT2D eigenvalue weighted by Crippen LogP contribution is 2.56. The zero-order valence-electron chi connectivity index (χ0n) is 14.6. The minimum atomic E-state index is -0.616. The first-order valence-corrected chi connectivity index (χ1v) is 9.55. The molecule has 2 aliphatic rings. The zero-order valence-corrected chi connectivity index (χ0v) is 15.4. The minimum absolute atomic E-state index is 0.0129. The predicted molar refractivity (Wildman–Crippen MR) is 105 cm³/mol. The summed E-state index contributed by atoms with van der Waals surface area (Å²) in [6, 6.07) is 15.6. The molecule has 26 heavy (non-hydrogen) atoms. The lowest BCUT2D eigenvalue weighted by atomic mass is 9.52. The van der Waals surface area contributed by atoms with Crippen LogP contribution < -0.4 is 16.8 Å². The number of carbonyl (C=O) groups is 1. The van der Waals surface area contributed by atoms with Crippen LogP contribution in [0.4, 0.5) is 5.69 Å². The van der Waals surface area contributed by atoms with E-state index in [2.05, 4.69) is 17.4 Å². The maximum atomic E-state index is 12.6. The van der Waals surface area contributed by atoms with Gasteiger partial charge in [0.1, 0.15) is 0 Å². The second-order valence-corrected chi connectivity index (χ2v) is 7.96. The third-order valence-corrected chi connectivity index (χ3v) is 6.56. The van der Waals surface area contributed by atoms with E-state index in [1.807, 2.05) is 36.4 Å². The highest BCUT2D eigenvalue weighted by atomic mass is 35.5. The Balaban J connectivity index is 1.64. The Hall–Kier alpha value is -2.04. The van der Waals surface area contributed by atoms with Crippen molar-refractivity contribution >= 4 is 23.2 Å². The zero-order chi connectivity index (χ0) is 18.3. The fraction of sp³-hybridized carbons (Fsp3) is 0.381. The van der Waals surface area contributed by atoms with E-state index < -0.39 is 5.41 Å². The first kappa shape index (κ1) is 17.4. The van der Waals surface area contributed by atoms with Crippen LogP contribution in [0.15, 0.2) is 48.5 Å². The van der Waals surface area contributed by atoms with Gasteiger partial charge in [-0.25, -0.2) is 0 Å². The van der Waals surface area contributed by atoms with Gasteiger partial charge in [-0.2, -0.15) is 0 Å². The monoisotopic (exact) mass is 369 g/mol. The van der Waals surface area contributed by atoms with Gasteiger partial charge < -0.3 is 16.8 Å². The van der Waals surface area contributed by atoms with Crippen molar-refractivity contribution in [2.75, 3.05) is 5.32 Å². The van der Waals surface area contributed by atoms with E-state index in [4.69, 9.17) is 23.1 Å². The number of nitrogens with two attached hydrogens (primary N) is 2. The van der Waals surface area contributed by atoms with Crippen molar-refractivity contribution < 1.29 is 4.79 Å². The molecule has 0 aromatic heterocycles. The van der Waals surface area contributed by atoms with Gasteiger partial charge in [-0.3, -0.25) is 4.79 Å². The number of halogens is 1. The Morgan fingerprint density at radius 1 is 1.19 bits per heavy atom. The average molecular weight is 370 g/mol. The second kappa shape index (κ2) is 6.60. The lowest BCUT2D eigenvalue weighted by Gasteiger charge is -2.55. The summed E-state index contributed by atoms with van der Waals surface area (Å²) in [5, 5.41) is 4.25. The van der Waals surface area contributed by atoms with E-state index in [0.717, 1.165) is 36.9 Å². The highest BCUT2D eigenvalue weighted by molar-refractivity contribution is 6.30. The number of carbonyl (C=O) groups excluding carboxylic acids is 1. The molecule has 0 spiro atoms. The summed E-state index contributed by atoms with van der Waals surface area (Å²) < 4.78 is 0. The Bertz CT molecular complexity index is 840. The Labute approximate surface area is 158 Å². The normalized spacial score (nSPS) is 28.4. The molecular weight excluding hydrogens is 346 g/mol. The maximum Gasteiger partial charge on any atom is 0.226 e. The number of amides is 1. The molecule has 0 bridgehead atoms. The number of hydrogen-bond acceptors (Lipinski definition) is 3. The number of anilines is 1. The van der Waals surface area contributed by atoms with Crippen LogP contribution in [0.3, 0.4) is 0 Å². The molecule has 5 heteroatoms. The molecule has 4 atom stereocenters. The number of fused-ring (bicyclic) bond motifs is 1. The van der Waals surface area contributed by atoms with E-state index in [1.165, 1.54) is 5.56 Å². The summed E-state index contributed by atoms with van der Waals surface area (Å²) >= 11 is 6.13. The fourth-order valence-corrected chi connectivity index (χ4v) is 5.00. The van der Waals surface area contributed by atoms with E-state index in [0.29, 0.717) is 5.02 Å². The minimum Gasteiger partial charge on any atom is -0.381 e. The van der Waals surface area contributed by atoms with Crippen LogP contribution in [-0.2, 0) is 11.2 Å². The molecule has 2 aromatic rings. The Morgan fingerprint density at radius 3 is 2.69 bits per heavy atom. The van der Waals surface area contributed by atoms with Gasteiger partial charge in [-0.15, -0.1) is 0 Å². The van der Waals surface area contributed by atoms with E-state index in [9.17, 15) is 4.79 Å². The number of benzene rings is 2. The smallest absolute Gasteiger partial charge is 0.226 e. The topological polar surface area (TPSA) is 81.1 Å². The summed E-state index contributed by atoms with van der Waals surface area (Å²) in [6.45, 7) is 0. The Kier molecular flexibility index (Phi) is 4.41. The van der Waals surface area contributed by atoms with Gasteiger partial charge >= 0.3 is 0 Å². The summed E-state index contributed by atoms with van der Waals surface area (Å²) in [5.74, 6) is -0.232. The van der Waals surface area contributed by atoms with Gasteiger partial charge in [-0.05, 0) is 60.9 Å². The predicted octanol–water partition coefficient (Wildman–Crippen LogP) is 3.65. The number of hydrogen-bond donors (Lipinski definition) is 3. The molecule has 0 radical (unpaired) electrons. The third-order valence-electron chi connectivity index (χ3n) is 6.33. The molecule has 1 amide bonds. The SMILES string of the molecule is NC(=O)C1(C2CCc3ccccc3N2)CCC1C(N)c1cccc(Cl)c1. The van der Waals surface area contributed by atoms with Crippen molar-refractivity contribution in [1.82, 2.24) is 0 Å². The highest BCUT2D eigenvalue weighted by Gasteiger charge is 2.58. The standard InChI is InChI=1S/C21H24ClN3O/c22-15-6-3-5-14(12-15)19(23)16-10-11-21(16,20(24)26)18-9-8-13-4-1-2-7-17(13)25-18/h1-7,12,16,18-19,25H,8-11,23H2,(H2,24,26). The number of nitrogens with one attached hydrogen (secondary N) is 1. The number of primary amides is 1. The third kappa shape index (κ3) is 2.68. The van der Waals surface area contributed by atoms with Gasteiger partial charge in [0, 0.05) is 22.8 Å². The largest absolute Gasteiger partial charge is 0.381 e. The first-order chi connectivity index (χ1) is 12.5. The van der Waals surface area contributed by atoms with Gasteiger partial charge in [0.25, 0.3) is 0 Å². The summed E-state index contributed by atoms with van der Waals surface area (Å²) in [6.07, 6.45) is 3.51. The fourth-order valence-electron chi connectivity index (χ4n) is 4.80. The molecule has 1 heterocycles. The summed E-state index contributed by atoms with van der Waals surface area (Å²) in [5.41, 5.74) is 15.3. The molecule has 0 saturated heterocycles. The van der Waals surface area contributed by atoms with Gasteiger partial charge in [-0.1, -0.05) is 41.9 Å². The van der Waals surface area contributed by atoms with E-state index in [-0.39, 0.29) is 23.9 Å². The van der Waals surface area contributed by atoms with E-state index in [1.54, 1.807) is 0 Å². The van der Waals surface area contributed by atoms with Crippen LogP contribution in [0.5, 0.6) is 0 Å². The molecule has 4 rings (SSSR count). The van der Waals surface area contributed by atoms with Crippen molar-refractivity contribution in [2.45, 2.75) is 37.8 Å². The molecule has 1 aliphatic heterocycles. The van der Waals surface area contributed by atoms with Crippen LogP contribution in [0.25, 0.3) is 0 Å². The molecule has 2 aromatic carbocycles. The molecule has 4 nitrogen and oxygen atoms in total. The van der Waals surface area contributed by atoms with Crippen LogP contribution in [0.1, 0.15) is 36.4 Å². The van der Waals surface area contributed by atoms with Crippen LogP contribution in [-0.4, -0.2) is 11.9 Å². The molecule has 136 valence electrons. The van der Waals surface area contributed by atoms with Crippen molar-refractivity contribution in [3.8, 4) is 0 Å². The summed E-state index contributed by atoms with van der Waals surface area (Å²) in [4.78, 5) is 12.6. The molecule has 5 N–H and O–H groups in total. The lowest BCUT2D eigenvalue weighted by molar-refractivity contribution is -0.142. The number of aryl methyl sites for hydroxylation is 1. The van der Waals surface area contributed by atoms with Crippen molar-refractivity contribution in [3.05, 3.63) is 64.7 Å². The Morgan fingerprint density at radius 2 is 2.00 bits per heavy atom. The second-order valence-electron chi connectivity index (χ2n) is 7.52. The van der Waals surface area contributed by atoms with Crippen LogP contribution in [0.2, 0.25) is 5.02 Å². The van der Waals surface area contributed by atoms with Crippen molar-refractivity contribution in [1.29, 1.82) is 0 Å². The van der Waals surface area contributed by atoms with Crippen molar-refractivity contribution in [3.63, 3.8) is 0 Å². The number of para-hydroxylation sites is 1. The van der Waals surface area contributed by atoms with Crippen molar-refractivity contribution in [2.24, 2.45) is 22.8 Å².